The van der Waals surface area contributed by atoms with Gasteiger partial charge in [-0.25, -0.2) is 0 Å². The third-order valence-corrected chi connectivity index (χ3v) is 4.25. The Morgan fingerprint density at radius 3 is 2.64 bits per heavy atom. The van der Waals surface area contributed by atoms with Gasteiger partial charge < -0.3 is 19.8 Å². The number of methoxy groups -OCH3 is 2. The van der Waals surface area contributed by atoms with Crippen LogP contribution in [0.2, 0.25) is 0 Å². The lowest BCUT2D eigenvalue weighted by Gasteiger charge is -2.10. The molecular weight excluding hydrogens is 316 g/mol. The highest BCUT2D eigenvalue weighted by Crippen LogP contribution is 2.27. The third-order valence-electron chi connectivity index (χ3n) is 4.25. The van der Waals surface area contributed by atoms with Gasteiger partial charge in [0, 0.05) is 29.2 Å². The minimum absolute atomic E-state index is 0.128. The maximum absolute atomic E-state index is 12.3. The van der Waals surface area contributed by atoms with Crippen molar-refractivity contribution in [2.45, 2.75) is 13.3 Å². The first-order chi connectivity index (χ1) is 12.1. The van der Waals surface area contributed by atoms with Crippen LogP contribution >= 0.6 is 0 Å². The lowest BCUT2D eigenvalue weighted by molar-refractivity contribution is 0.0953. The van der Waals surface area contributed by atoms with Crippen molar-refractivity contribution in [1.29, 1.82) is 0 Å². The molecule has 0 saturated heterocycles. The first-order valence-electron chi connectivity index (χ1n) is 8.19. The van der Waals surface area contributed by atoms with Crippen molar-refractivity contribution < 1.29 is 14.3 Å². The number of carbonyl (C=O) groups is 1. The number of benzene rings is 2. The summed E-state index contributed by atoms with van der Waals surface area (Å²) in [5.41, 5.74) is 4.09. The molecule has 130 valence electrons. The molecule has 0 aliphatic rings. The number of aromatic amines is 1. The van der Waals surface area contributed by atoms with Crippen LogP contribution in [0.25, 0.3) is 10.9 Å². The second-order valence-corrected chi connectivity index (χ2v) is 5.94. The van der Waals surface area contributed by atoms with Crippen molar-refractivity contribution in [3.63, 3.8) is 0 Å². The zero-order valence-electron chi connectivity index (χ0n) is 14.7. The first-order valence-corrected chi connectivity index (χ1v) is 8.19. The number of aryl methyl sites for hydroxylation is 1. The summed E-state index contributed by atoms with van der Waals surface area (Å²) < 4.78 is 10.4. The average Bonchev–Trinajstić information content (AvgIpc) is 3.03. The highest BCUT2D eigenvalue weighted by Gasteiger charge is 2.11. The minimum Gasteiger partial charge on any atom is -0.493 e. The van der Waals surface area contributed by atoms with Crippen LogP contribution in [0.5, 0.6) is 11.5 Å². The molecule has 0 fully saturated rings. The van der Waals surface area contributed by atoms with Crippen LogP contribution in [-0.4, -0.2) is 31.7 Å². The van der Waals surface area contributed by atoms with E-state index in [0.717, 1.165) is 11.9 Å². The largest absolute Gasteiger partial charge is 0.493 e. The molecule has 2 aromatic carbocycles. The molecule has 0 unspecified atom stereocenters. The van der Waals surface area contributed by atoms with Crippen molar-refractivity contribution in [2.75, 3.05) is 20.8 Å². The summed E-state index contributed by atoms with van der Waals surface area (Å²) in [4.78, 5) is 15.6. The van der Waals surface area contributed by atoms with Crippen LogP contribution in [0.1, 0.15) is 21.5 Å². The minimum atomic E-state index is -0.128. The molecule has 0 radical (unpaired) electrons. The number of hydrogen-bond acceptors (Lipinski definition) is 3. The van der Waals surface area contributed by atoms with Gasteiger partial charge >= 0.3 is 0 Å². The summed E-state index contributed by atoms with van der Waals surface area (Å²) in [6, 6.07) is 11.5. The normalized spacial score (nSPS) is 10.7. The van der Waals surface area contributed by atoms with Gasteiger partial charge in [0.15, 0.2) is 11.5 Å². The molecule has 1 aromatic heterocycles. The molecule has 1 heterocycles. The van der Waals surface area contributed by atoms with Crippen LogP contribution in [0.4, 0.5) is 0 Å². The van der Waals surface area contributed by atoms with E-state index in [4.69, 9.17) is 9.47 Å². The number of nitrogens with one attached hydrogen (secondary N) is 2. The maximum Gasteiger partial charge on any atom is 0.251 e. The van der Waals surface area contributed by atoms with E-state index >= 15 is 0 Å². The van der Waals surface area contributed by atoms with Gasteiger partial charge in [-0.1, -0.05) is 11.6 Å². The second kappa shape index (κ2) is 7.30. The molecule has 2 N–H and O–H groups in total. The quantitative estimate of drug-likeness (QED) is 0.723. The standard InChI is InChI=1S/C20H22N2O3/c1-13-4-6-17-16(10-13)15(12-22-17)8-9-21-20(23)14-5-7-18(24-2)19(11-14)25-3/h4-7,10-12,22H,8-9H2,1-3H3,(H,21,23). The van der Waals surface area contributed by atoms with Gasteiger partial charge in [-0.15, -0.1) is 0 Å². The monoisotopic (exact) mass is 338 g/mol. The summed E-state index contributed by atoms with van der Waals surface area (Å²) in [6.45, 7) is 2.64. The van der Waals surface area contributed by atoms with Crippen molar-refractivity contribution in [2.24, 2.45) is 0 Å². The van der Waals surface area contributed by atoms with Crippen molar-refractivity contribution in [1.82, 2.24) is 10.3 Å². The van der Waals surface area contributed by atoms with Crippen molar-refractivity contribution in [3.8, 4) is 11.5 Å². The number of aromatic nitrogens is 1. The molecular formula is C20H22N2O3. The predicted octanol–water partition coefficient (Wildman–Crippen LogP) is 3.47. The first kappa shape index (κ1) is 16.9. The Morgan fingerprint density at radius 1 is 1.08 bits per heavy atom. The predicted molar refractivity (Wildman–Crippen MR) is 98.6 cm³/mol. The Balaban J connectivity index is 1.65. The highest BCUT2D eigenvalue weighted by atomic mass is 16.5. The third kappa shape index (κ3) is 3.60. The fourth-order valence-corrected chi connectivity index (χ4v) is 2.89. The van der Waals surface area contributed by atoms with E-state index < -0.39 is 0 Å². The van der Waals surface area contributed by atoms with Gasteiger partial charge in [0.1, 0.15) is 0 Å². The summed E-state index contributed by atoms with van der Waals surface area (Å²) in [5.74, 6) is 1.02. The molecule has 0 atom stereocenters. The summed E-state index contributed by atoms with van der Waals surface area (Å²) in [7, 11) is 3.12. The lowest BCUT2D eigenvalue weighted by Crippen LogP contribution is -2.25. The Labute approximate surface area is 147 Å². The zero-order valence-corrected chi connectivity index (χ0v) is 14.7. The molecule has 3 aromatic rings. The molecule has 0 bridgehead atoms. The molecule has 0 saturated carbocycles. The van der Waals surface area contributed by atoms with Gasteiger partial charge in [-0.05, 0) is 49.2 Å². The summed E-state index contributed by atoms with van der Waals surface area (Å²) >= 11 is 0. The molecule has 0 aliphatic heterocycles. The molecule has 25 heavy (non-hydrogen) atoms. The van der Waals surface area contributed by atoms with E-state index in [1.165, 1.54) is 16.5 Å². The van der Waals surface area contributed by atoms with Crippen LogP contribution in [0, 0.1) is 6.92 Å². The number of carbonyl (C=O) groups excluding carboxylic acids is 1. The average molecular weight is 338 g/mol. The number of rotatable bonds is 6. The Bertz CT molecular complexity index is 899. The van der Waals surface area contributed by atoms with E-state index in [1.54, 1.807) is 32.4 Å². The fraction of sp³-hybridized carbons (Fsp3) is 0.250. The van der Waals surface area contributed by atoms with E-state index in [-0.39, 0.29) is 5.91 Å². The second-order valence-electron chi connectivity index (χ2n) is 5.94. The van der Waals surface area contributed by atoms with Gasteiger partial charge in [-0.2, -0.15) is 0 Å². The smallest absolute Gasteiger partial charge is 0.251 e. The van der Waals surface area contributed by atoms with Gasteiger partial charge in [0.25, 0.3) is 5.91 Å². The Hall–Kier alpha value is -2.95. The summed E-state index contributed by atoms with van der Waals surface area (Å²) in [6.07, 6.45) is 2.77. The van der Waals surface area contributed by atoms with E-state index in [0.29, 0.717) is 23.6 Å². The highest BCUT2D eigenvalue weighted by molar-refractivity contribution is 5.95. The van der Waals surface area contributed by atoms with Gasteiger partial charge in [0.05, 0.1) is 14.2 Å². The number of H-pyrrole nitrogens is 1. The van der Waals surface area contributed by atoms with Gasteiger partial charge in [0.2, 0.25) is 0 Å². The van der Waals surface area contributed by atoms with E-state index in [1.807, 2.05) is 6.20 Å². The summed E-state index contributed by atoms with van der Waals surface area (Å²) in [5, 5.41) is 4.16. The molecule has 1 amide bonds. The number of ether oxygens (including phenoxy) is 2. The molecule has 0 spiro atoms. The molecule has 5 heteroatoms. The number of amides is 1. The number of hydrogen-bond donors (Lipinski definition) is 2. The van der Waals surface area contributed by atoms with Gasteiger partial charge in [-0.3, -0.25) is 4.79 Å². The molecule has 5 nitrogen and oxygen atoms in total. The van der Waals surface area contributed by atoms with Crippen LogP contribution in [0.3, 0.4) is 0 Å². The van der Waals surface area contributed by atoms with E-state index in [9.17, 15) is 4.79 Å². The zero-order chi connectivity index (χ0) is 17.8. The maximum atomic E-state index is 12.3. The topological polar surface area (TPSA) is 63.3 Å². The lowest BCUT2D eigenvalue weighted by atomic mass is 10.1. The van der Waals surface area contributed by atoms with Crippen LogP contribution < -0.4 is 14.8 Å². The fourth-order valence-electron chi connectivity index (χ4n) is 2.89. The number of fused-ring (bicyclic) bond motifs is 1. The van der Waals surface area contributed by atoms with Crippen molar-refractivity contribution >= 4 is 16.8 Å². The molecule has 3 rings (SSSR count). The van der Waals surface area contributed by atoms with Crippen LogP contribution in [0.15, 0.2) is 42.6 Å². The SMILES string of the molecule is COc1ccc(C(=O)NCCc2c[nH]c3ccc(C)cc23)cc1OC. The van der Waals surface area contributed by atoms with Crippen molar-refractivity contribution in [3.05, 3.63) is 59.3 Å². The Kier molecular flexibility index (Phi) is 4.93. The Morgan fingerprint density at radius 2 is 1.88 bits per heavy atom. The molecule has 0 aliphatic carbocycles. The van der Waals surface area contributed by atoms with Crippen LogP contribution in [-0.2, 0) is 6.42 Å². The van der Waals surface area contributed by atoms with E-state index in [2.05, 4.69) is 35.4 Å².